The van der Waals surface area contributed by atoms with Crippen molar-refractivity contribution in [2.45, 2.75) is 65.7 Å². The third-order valence-corrected chi connectivity index (χ3v) is 9.00. The molecule has 0 rings (SSSR count). The molecule has 0 spiro atoms. The first-order valence-corrected chi connectivity index (χ1v) is 8.07. The smallest absolute Gasteiger partial charge is 0.0524 e. The van der Waals surface area contributed by atoms with E-state index in [4.69, 9.17) is 0 Å². The normalized spacial score (nSPS) is 10.4. The molecule has 0 aliphatic rings. The fourth-order valence-corrected chi connectivity index (χ4v) is 4.50. The minimum Gasteiger partial charge on any atom is -0.0683 e. The van der Waals surface area contributed by atoms with E-state index < -0.39 is 8.07 Å². The highest BCUT2D eigenvalue weighted by atomic mass is 28.3. The van der Waals surface area contributed by atoms with Gasteiger partial charge < -0.3 is 0 Å². The molecule has 0 bridgehead atoms. The highest BCUT2D eigenvalue weighted by Crippen LogP contribution is 2.23. The van der Waals surface area contributed by atoms with Crippen molar-refractivity contribution in [3.8, 4) is 0 Å². The second kappa shape index (κ2) is 8.31. The summed E-state index contributed by atoms with van der Waals surface area (Å²) in [6.07, 6.45) is 0. The van der Waals surface area contributed by atoms with Gasteiger partial charge in [-0.25, -0.2) is 0 Å². The van der Waals surface area contributed by atoms with Crippen LogP contribution >= 0.6 is 0 Å². The molecule has 0 aromatic carbocycles. The molecule has 0 unspecified atom stereocenters. The Kier molecular flexibility index (Phi) is 10.4. The van der Waals surface area contributed by atoms with Crippen LogP contribution in [0.5, 0.6) is 0 Å². The van der Waals surface area contributed by atoms with Gasteiger partial charge in [0, 0.05) is 0 Å². The molecule has 0 aromatic rings. The van der Waals surface area contributed by atoms with Gasteiger partial charge in [-0.1, -0.05) is 65.7 Å². The molecule has 0 amide bonds. The van der Waals surface area contributed by atoms with E-state index >= 15 is 0 Å². The summed E-state index contributed by atoms with van der Waals surface area (Å²) in [4.78, 5) is 0. The maximum atomic E-state index is 2.36. The summed E-state index contributed by atoms with van der Waals surface area (Å²) < 4.78 is 0. The van der Waals surface area contributed by atoms with Crippen LogP contribution in [-0.2, 0) is 0 Å². The van der Waals surface area contributed by atoms with Crippen molar-refractivity contribution in [1.82, 2.24) is 0 Å². The Morgan fingerprint density at radius 3 is 0.818 bits per heavy atom. The number of rotatable bonds is 4. The Morgan fingerprint density at radius 2 is 0.818 bits per heavy atom. The van der Waals surface area contributed by atoms with Crippen LogP contribution in [0.15, 0.2) is 0 Å². The summed E-state index contributed by atoms with van der Waals surface area (Å²) >= 11 is 0. The van der Waals surface area contributed by atoms with Gasteiger partial charge in [0.25, 0.3) is 0 Å². The molecule has 0 N–H and O–H groups in total. The van der Waals surface area contributed by atoms with E-state index in [1.165, 1.54) is 24.2 Å². The number of hydrogen-bond donors (Lipinski definition) is 0. The summed E-state index contributed by atoms with van der Waals surface area (Å²) in [5, 5.41) is 0. The molecule has 0 radical (unpaired) electrons. The van der Waals surface area contributed by atoms with Gasteiger partial charge in [-0.3, -0.25) is 0 Å². The van der Waals surface area contributed by atoms with E-state index in [1.54, 1.807) is 0 Å². The van der Waals surface area contributed by atoms with Gasteiger partial charge in [0.1, 0.15) is 0 Å². The minimum absolute atomic E-state index is 0.691. The molecule has 0 heterocycles. The Hall–Kier alpha value is 0.217. The van der Waals surface area contributed by atoms with Crippen molar-refractivity contribution >= 4 is 8.07 Å². The average molecular weight is 174 g/mol. The Bertz CT molecular complexity index is 47.8. The molecular weight excluding hydrogens is 148 g/mol. The molecule has 0 aliphatic carbocycles. The first-order valence-electron chi connectivity index (χ1n) is 5.24. The highest BCUT2D eigenvalue weighted by Gasteiger charge is 2.23. The molecular formula is C10H26Si. The average Bonchev–Trinajstić information content (AvgIpc) is 2.13. The molecule has 0 aliphatic heterocycles. The second-order valence-corrected chi connectivity index (χ2v) is 8.74. The van der Waals surface area contributed by atoms with Crippen LogP contribution in [-0.4, -0.2) is 8.07 Å². The van der Waals surface area contributed by atoms with Crippen LogP contribution in [0, 0.1) is 0 Å². The lowest BCUT2D eigenvalue weighted by atomic mass is 10.9. The van der Waals surface area contributed by atoms with Gasteiger partial charge in [0.15, 0.2) is 0 Å². The third kappa shape index (κ3) is 4.62. The molecule has 0 aromatic heterocycles. The highest BCUT2D eigenvalue weighted by molar-refractivity contribution is 6.79. The van der Waals surface area contributed by atoms with Crippen molar-refractivity contribution in [2.24, 2.45) is 0 Å². The quantitative estimate of drug-likeness (QED) is 0.549. The van der Waals surface area contributed by atoms with E-state index in [1.807, 2.05) is 13.8 Å². The number of hydrogen-bond acceptors (Lipinski definition) is 0. The summed E-state index contributed by atoms with van der Waals surface area (Å²) in [5.74, 6) is 0. The largest absolute Gasteiger partial charge is 0.0683 e. The summed E-state index contributed by atoms with van der Waals surface area (Å²) in [6.45, 7) is 13.5. The summed E-state index contributed by atoms with van der Waals surface area (Å²) in [6, 6.07) is 5.93. The standard InChI is InChI=1S/C8H20Si.C2H6/c1-5-9(6-2,7-3)8-4;1-2/h5-8H2,1-4H3;1-2H3. The van der Waals surface area contributed by atoms with Crippen molar-refractivity contribution in [2.75, 3.05) is 0 Å². The van der Waals surface area contributed by atoms with Gasteiger partial charge in [0.2, 0.25) is 0 Å². The van der Waals surface area contributed by atoms with Crippen LogP contribution in [0.25, 0.3) is 0 Å². The predicted octanol–water partition coefficient (Wildman–Crippen LogP) is 4.54. The van der Waals surface area contributed by atoms with E-state index in [0.29, 0.717) is 0 Å². The molecule has 0 saturated heterocycles. The van der Waals surface area contributed by atoms with Crippen molar-refractivity contribution in [1.29, 1.82) is 0 Å². The topological polar surface area (TPSA) is 0 Å². The third-order valence-electron chi connectivity index (χ3n) is 3.00. The van der Waals surface area contributed by atoms with Gasteiger partial charge in [0.05, 0.1) is 8.07 Å². The van der Waals surface area contributed by atoms with E-state index in [0.717, 1.165) is 0 Å². The molecule has 11 heavy (non-hydrogen) atoms. The fourth-order valence-electron chi connectivity index (χ4n) is 1.50. The molecule has 0 nitrogen and oxygen atoms in total. The minimum atomic E-state index is -0.691. The second-order valence-electron chi connectivity index (χ2n) is 2.91. The van der Waals surface area contributed by atoms with Crippen LogP contribution in [0.4, 0.5) is 0 Å². The molecule has 1 heteroatoms. The van der Waals surface area contributed by atoms with Crippen LogP contribution in [0.3, 0.4) is 0 Å². The van der Waals surface area contributed by atoms with Gasteiger partial charge in [-0.05, 0) is 0 Å². The Balaban J connectivity index is 0. The van der Waals surface area contributed by atoms with Crippen LogP contribution in [0.2, 0.25) is 24.2 Å². The SMILES string of the molecule is CC.CC[Si](CC)(CC)CC. The van der Waals surface area contributed by atoms with Crippen LogP contribution < -0.4 is 0 Å². The zero-order valence-corrected chi connectivity index (χ0v) is 10.3. The monoisotopic (exact) mass is 174 g/mol. The fraction of sp³-hybridized carbons (Fsp3) is 1.00. The predicted molar refractivity (Wildman–Crippen MR) is 59.0 cm³/mol. The molecule has 0 fully saturated rings. The van der Waals surface area contributed by atoms with E-state index in [-0.39, 0.29) is 0 Å². The first kappa shape index (κ1) is 13.8. The zero-order valence-electron chi connectivity index (χ0n) is 9.33. The van der Waals surface area contributed by atoms with E-state index in [2.05, 4.69) is 27.7 Å². The first-order chi connectivity index (χ1) is 5.24. The summed E-state index contributed by atoms with van der Waals surface area (Å²) in [5.41, 5.74) is 0. The maximum Gasteiger partial charge on any atom is 0.0524 e. The lowest BCUT2D eigenvalue weighted by molar-refractivity contribution is 1.11. The van der Waals surface area contributed by atoms with E-state index in [9.17, 15) is 0 Å². The Morgan fingerprint density at radius 1 is 0.636 bits per heavy atom. The van der Waals surface area contributed by atoms with Gasteiger partial charge >= 0.3 is 0 Å². The lowest BCUT2D eigenvalue weighted by Gasteiger charge is -2.25. The molecule has 0 saturated carbocycles. The molecule has 70 valence electrons. The Labute approximate surface area is 74.4 Å². The maximum absolute atomic E-state index is 2.36. The zero-order chi connectivity index (χ0) is 9.33. The van der Waals surface area contributed by atoms with Gasteiger partial charge in [-0.2, -0.15) is 0 Å². The van der Waals surface area contributed by atoms with Gasteiger partial charge in [-0.15, -0.1) is 0 Å². The molecule has 0 atom stereocenters. The summed E-state index contributed by atoms with van der Waals surface area (Å²) in [7, 11) is -0.691. The van der Waals surface area contributed by atoms with Crippen molar-refractivity contribution < 1.29 is 0 Å². The van der Waals surface area contributed by atoms with Crippen molar-refractivity contribution in [3.63, 3.8) is 0 Å². The lowest BCUT2D eigenvalue weighted by Crippen LogP contribution is -2.29. The van der Waals surface area contributed by atoms with Crippen molar-refractivity contribution in [3.05, 3.63) is 0 Å². The van der Waals surface area contributed by atoms with Crippen LogP contribution in [0.1, 0.15) is 41.5 Å².